The van der Waals surface area contributed by atoms with Crippen LogP contribution in [0.5, 0.6) is 0 Å². The number of nitrogens with one attached hydrogen (secondary N) is 2. The van der Waals surface area contributed by atoms with Crippen LogP contribution in [0.4, 0.5) is 5.69 Å². The standard InChI is InChI=1S/C29H27ClN2O3S/c1-19-13-15-24(17-21(19)3)32-36(34,35)27-18-23(14-16-26(27)30)29(33)31-28(22-10-5-4-6-11-22)25-12-8-7-9-20(25)2/h4-18,28,32H,1-3H3,(H,31,33)/t28-/m0/s1. The molecule has 0 aliphatic rings. The second kappa shape index (κ2) is 10.6. The maximum Gasteiger partial charge on any atom is 0.263 e. The largest absolute Gasteiger partial charge is 0.341 e. The Hall–Kier alpha value is -3.61. The zero-order valence-electron chi connectivity index (χ0n) is 20.2. The fraction of sp³-hybridized carbons (Fsp3) is 0.138. The molecule has 0 spiro atoms. The van der Waals surface area contributed by atoms with Gasteiger partial charge in [-0.15, -0.1) is 0 Å². The molecule has 2 N–H and O–H groups in total. The average Bonchev–Trinajstić information content (AvgIpc) is 2.86. The molecule has 0 heterocycles. The van der Waals surface area contributed by atoms with Crippen molar-refractivity contribution in [2.45, 2.75) is 31.7 Å². The van der Waals surface area contributed by atoms with Crippen LogP contribution in [0.1, 0.15) is 44.2 Å². The van der Waals surface area contributed by atoms with Crippen LogP contribution in [-0.2, 0) is 10.0 Å². The van der Waals surface area contributed by atoms with E-state index in [2.05, 4.69) is 10.0 Å². The highest BCUT2D eigenvalue weighted by molar-refractivity contribution is 7.92. The number of hydrogen-bond donors (Lipinski definition) is 2. The Kier molecular flexibility index (Phi) is 7.48. The number of carbonyl (C=O) groups excluding carboxylic acids is 1. The number of carbonyl (C=O) groups is 1. The lowest BCUT2D eigenvalue weighted by atomic mass is 9.94. The van der Waals surface area contributed by atoms with Crippen LogP contribution in [0.25, 0.3) is 0 Å². The van der Waals surface area contributed by atoms with E-state index in [1.807, 2.05) is 81.4 Å². The van der Waals surface area contributed by atoms with E-state index < -0.39 is 22.0 Å². The van der Waals surface area contributed by atoms with Gasteiger partial charge in [-0.1, -0.05) is 72.3 Å². The van der Waals surface area contributed by atoms with Crippen LogP contribution in [0.15, 0.2) is 95.9 Å². The Labute approximate surface area is 217 Å². The number of halogens is 1. The van der Waals surface area contributed by atoms with E-state index in [0.717, 1.165) is 27.8 Å². The number of rotatable bonds is 7. The molecule has 184 valence electrons. The van der Waals surface area contributed by atoms with E-state index in [1.165, 1.54) is 18.2 Å². The number of amides is 1. The van der Waals surface area contributed by atoms with Gasteiger partial charge in [0.1, 0.15) is 4.90 Å². The molecule has 0 aliphatic heterocycles. The lowest BCUT2D eigenvalue weighted by Gasteiger charge is -2.22. The molecule has 5 nitrogen and oxygen atoms in total. The summed E-state index contributed by atoms with van der Waals surface area (Å²) in [7, 11) is -4.03. The van der Waals surface area contributed by atoms with E-state index in [0.29, 0.717) is 5.69 Å². The van der Waals surface area contributed by atoms with Crippen molar-refractivity contribution in [2.75, 3.05) is 4.72 Å². The topological polar surface area (TPSA) is 75.3 Å². The Bertz CT molecular complexity index is 1520. The summed E-state index contributed by atoms with van der Waals surface area (Å²) in [6.45, 7) is 5.84. The predicted octanol–water partition coefficient (Wildman–Crippen LogP) is 6.59. The summed E-state index contributed by atoms with van der Waals surface area (Å²) in [6.07, 6.45) is 0. The summed E-state index contributed by atoms with van der Waals surface area (Å²) in [6, 6.07) is 26.6. The third-order valence-electron chi connectivity index (χ3n) is 6.15. The molecular formula is C29H27ClN2O3S. The Morgan fingerprint density at radius 2 is 1.47 bits per heavy atom. The number of sulfonamides is 1. The first-order valence-electron chi connectivity index (χ1n) is 11.5. The first-order chi connectivity index (χ1) is 17.2. The molecule has 4 rings (SSSR count). The highest BCUT2D eigenvalue weighted by atomic mass is 35.5. The molecule has 0 saturated heterocycles. The lowest BCUT2D eigenvalue weighted by Crippen LogP contribution is -2.30. The summed E-state index contributed by atoms with van der Waals surface area (Å²) in [5.74, 6) is -0.411. The second-order valence-corrected chi connectivity index (χ2v) is 10.8. The first-order valence-corrected chi connectivity index (χ1v) is 13.3. The quantitative estimate of drug-likeness (QED) is 0.290. The maximum absolute atomic E-state index is 13.4. The van der Waals surface area contributed by atoms with Gasteiger partial charge in [0.2, 0.25) is 0 Å². The van der Waals surface area contributed by atoms with Crippen LogP contribution in [0.3, 0.4) is 0 Å². The average molecular weight is 519 g/mol. The molecule has 0 aromatic heterocycles. The Morgan fingerprint density at radius 3 is 2.17 bits per heavy atom. The maximum atomic E-state index is 13.4. The molecule has 7 heteroatoms. The zero-order valence-corrected chi connectivity index (χ0v) is 21.8. The fourth-order valence-corrected chi connectivity index (χ4v) is 5.55. The van der Waals surface area contributed by atoms with Crippen molar-refractivity contribution >= 4 is 33.2 Å². The van der Waals surface area contributed by atoms with Crippen LogP contribution >= 0.6 is 11.6 Å². The summed E-state index contributed by atoms with van der Waals surface area (Å²) in [5.41, 5.74) is 5.52. The van der Waals surface area contributed by atoms with Gasteiger partial charge in [-0.2, -0.15) is 0 Å². The molecule has 4 aromatic carbocycles. The minimum absolute atomic E-state index is 0.0291. The molecule has 0 fully saturated rings. The molecule has 0 saturated carbocycles. The molecular weight excluding hydrogens is 492 g/mol. The third kappa shape index (κ3) is 5.61. The van der Waals surface area contributed by atoms with Crippen LogP contribution in [-0.4, -0.2) is 14.3 Å². The van der Waals surface area contributed by atoms with Crippen molar-refractivity contribution in [3.63, 3.8) is 0 Å². The molecule has 1 atom stereocenters. The van der Waals surface area contributed by atoms with Gasteiger partial charge < -0.3 is 5.32 Å². The number of hydrogen-bond acceptors (Lipinski definition) is 3. The van der Waals surface area contributed by atoms with Crippen LogP contribution < -0.4 is 10.0 Å². The molecule has 4 aromatic rings. The molecule has 0 radical (unpaired) electrons. The minimum Gasteiger partial charge on any atom is -0.341 e. The smallest absolute Gasteiger partial charge is 0.263 e. The summed E-state index contributed by atoms with van der Waals surface area (Å²) >= 11 is 6.28. The normalized spacial score (nSPS) is 12.1. The molecule has 0 bridgehead atoms. The number of benzene rings is 4. The van der Waals surface area contributed by atoms with Crippen molar-refractivity contribution in [1.82, 2.24) is 5.32 Å². The van der Waals surface area contributed by atoms with Crippen LogP contribution in [0.2, 0.25) is 5.02 Å². The molecule has 0 aliphatic carbocycles. The van der Waals surface area contributed by atoms with Gasteiger partial charge in [-0.05, 0) is 78.9 Å². The highest BCUT2D eigenvalue weighted by Crippen LogP contribution is 2.28. The van der Waals surface area contributed by atoms with Gasteiger partial charge >= 0.3 is 0 Å². The number of anilines is 1. The summed E-state index contributed by atoms with van der Waals surface area (Å²) in [5, 5.41) is 3.10. The van der Waals surface area contributed by atoms with Crippen molar-refractivity contribution in [3.05, 3.63) is 129 Å². The van der Waals surface area contributed by atoms with Crippen molar-refractivity contribution in [2.24, 2.45) is 0 Å². The summed E-state index contributed by atoms with van der Waals surface area (Å²) in [4.78, 5) is 13.2. The lowest BCUT2D eigenvalue weighted by molar-refractivity contribution is 0.0942. The first kappa shape index (κ1) is 25.5. The van der Waals surface area contributed by atoms with Gasteiger partial charge in [0.05, 0.1) is 11.1 Å². The Balaban J connectivity index is 1.66. The van der Waals surface area contributed by atoms with Crippen LogP contribution in [0, 0.1) is 20.8 Å². The third-order valence-corrected chi connectivity index (χ3v) is 8.01. The molecule has 0 unspecified atom stereocenters. The highest BCUT2D eigenvalue weighted by Gasteiger charge is 2.23. The minimum atomic E-state index is -4.03. The monoisotopic (exact) mass is 518 g/mol. The molecule has 1 amide bonds. The van der Waals surface area contributed by atoms with E-state index >= 15 is 0 Å². The zero-order chi connectivity index (χ0) is 25.9. The van der Waals surface area contributed by atoms with Crippen molar-refractivity contribution in [1.29, 1.82) is 0 Å². The van der Waals surface area contributed by atoms with Gasteiger partial charge in [0.25, 0.3) is 15.9 Å². The predicted molar refractivity (Wildman–Crippen MR) is 145 cm³/mol. The Morgan fingerprint density at radius 1 is 0.778 bits per heavy atom. The van der Waals surface area contributed by atoms with E-state index in [1.54, 1.807) is 12.1 Å². The van der Waals surface area contributed by atoms with Gasteiger partial charge in [0, 0.05) is 11.3 Å². The van der Waals surface area contributed by atoms with Gasteiger partial charge in [-0.3, -0.25) is 9.52 Å². The van der Waals surface area contributed by atoms with Gasteiger partial charge in [0.15, 0.2) is 0 Å². The number of aryl methyl sites for hydroxylation is 3. The van der Waals surface area contributed by atoms with Crippen molar-refractivity contribution in [3.8, 4) is 0 Å². The van der Waals surface area contributed by atoms with Crippen molar-refractivity contribution < 1.29 is 13.2 Å². The van der Waals surface area contributed by atoms with E-state index in [9.17, 15) is 13.2 Å². The van der Waals surface area contributed by atoms with Gasteiger partial charge in [-0.25, -0.2) is 8.42 Å². The summed E-state index contributed by atoms with van der Waals surface area (Å²) < 4.78 is 28.9. The molecule has 36 heavy (non-hydrogen) atoms. The van der Waals surface area contributed by atoms with E-state index in [4.69, 9.17) is 11.6 Å². The SMILES string of the molecule is Cc1ccc(NS(=O)(=O)c2cc(C(=O)N[C@@H](c3ccccc3)c3ccccc3C)ccc2Cl)cc1C. The second-order valence-electron chi connectivity index (χ2n) is 8.72. The van der Waals surface area contributed by atoms with E-state index in [-0.39, 0.29) is 15.5 Å². The fourth-order valence-electron chi connectivity index (χ4n) is 3.98.